The van der Waals surface area contributed by atoms with Crippen LogP contribution in [0.5, 0.6) is 5.75 Å². The molecule has 0 aliphatic carbocycles. The van der Waals surface area contributed by atoms with Crippen LogP contribution in [0.15, 0.2) is 55.0 Å². The van der Waals surface area contributed by atoms with Crippen LogP contribution in [0.3, 0.4) is 0 Å². The van der Waals surface area contributed by atoms with E-state index >= 15 is 0 Å². The van der Waals surface area contributed by atoms with Gasteiger partial charge in [0, 0.05) is 18.9 Å². The second kappa shape index (κ2) is 8.98. The fourth-order valence-corrected chi connectivity index (χ4v) is 2.70. The highest BCUT2D eigenvalue weighted by Gasteiger charge is 2.22. The number of aromatic nitrogens is 4. The maximum Gasteiger partial charge on any atom is 0.319 e. The van der Waals surface area contributed by atoms with Crippen LogP contribution in [0.1, 0.15) is 31.4 Å². The maximum atomic E-state index is 12.4. The van der Waals surface area contributed by atoms with Gasteiger partial charge in [0.2, 0.25) is 0 Å². The van der Waals surface area contributed by atoms with E-state index in [-0.39, 0.29) is 18.0 Å². The van der Waals surface area contributed by atoms with Gasteiger partial charge >= 0.3 is 6.03 Å². The van der Waals surface area contributed by atoms with Crippen molar-refractivity contribution in [1.29, 1.82) is 0 Å². The molecule has 0 spiro atoms. The molecule has 0 radical (unpaired) electrons. The minimum absolute atomic E-state index is 0.163. The van der Waals surface area contributed by atoms with E-state index in [0.717, 1.165) is 5.69 Å². The van der Waals surface area contributed by atoms with Crippen molar-refractivity contribution in [2.75, 3.05) is 5.32 Å². The molecule has 0 unspecified atom stereocenters. The van der Waals surface area contributed by atoms with Gasteiger partial charge in [0.1, 0.15) is 24.5 Å². The van der Waals surface area contributed by atoms with Crippen molar-refractivity contribution < 1.29 is 9.53 Å². The van der Waals surface area contributed by atoms with E-state index in [9.17, 15) is 4.79 Å². The minimum atomic E-state index is -0.302. The third-order valence-electron chi connectivity index (χ3n) is 4.20. The zero-order valence-electron chi connectivity index (χ0n) is 16.2. The van der Waals surface area contributed by atoms with Gasteiger partial charge in [0.15, 0.2) is 0 Å². The molecule has 0 aliphatic rings. The van der Waals surface area contributed by atoms with Gasteiger partial charge in [-0.1, -0.05) is 19.9 Å². The number of nitrogens with one attached hydrogen (secondary N) is 2. The van der Waals surface area contributed by atoms with E-state index in [1.165, 1.54) is 6.33 Å². The number of urea groups is 1. The largest absolute Gasteiger partial charge is 0.487 e. The lowest BCUT2D eigenvalue weighted by atomic mass is 10.0. The normalized spacial score (nSPS) is 11.9. The lowest BCUT2D eigenvalue weighted by Gasteiger charge is -2.21. The number of carbonyl (C=O) groups is 1. The topological polar surface area (TPSA) is 94.0 Å². The first-order valence-corrected chi connectivity index (χ1v) is 9.07. The Labute approximate surface area is 164 Å². The molecule has 0 aliphatic heterocycles. The summed E-state index contributed by atoms with van der Waals surface area (Å²) < 4.78 is 7.37. The first-order chi connectivity index (χ1) is 13.5. The first kappa shape index (κ1) is 19.3. The summed E-state index contributed by atoms with van der Waals surface area (Å²) in [5.41, 5.74) is 1.52. The number of ether oxygens (including phenoxy) is 1. The first-order valence-electron chi connectivity index (χ1n) is 9.07. The standard InChI is InChI=1S/C20H24N6O2/c1-14(2)18(19-22-13-23-26(19)3)25-20(27)24-15-7-9-17(10-8-15)28-12-16-6-4-5-11-21-16/h4-11,13-14,18H,12H2,1-3H3,(H2,24,25,27)/t18-/m0/s1. The fourth-order valence-electron chi connectivity index (χ4n) is 2.70. The summed E-state index contributed by atoms with van der Waals surface area (Å²) in [6.07, 6.45) is 3.21. The Bertz CT molecular complexity index is 893. The summed E-state index contributed by atoms with van der Waals surface area (Å²) >= 11 is 0. The van der Waals surface area contributed by atoms with Crippen LogP contribution in [0, 0.1) is 5.92 Å². The summed E-state index contributed by atoms with van der Waals surface area (Å²) in [4.78, 5) is 20.9. The molecule has 8 heteroatoms. The lowest BCUT2D eigenvalue weighted by molar-refractivity contribution is 0.243. The number of aryl methyl sites for hydroxylation is 1. The van der Waals surface area contributed by atoms with E-state index in [4.69, 9.17) is 4.74 Å². The third kappa shape index (κ3) is 5.06. The Balaban J connectivity index is 1.55. The number of hydrogen-bond donors (Lipinski definition) is 2. The monoisotopic (exact) mass is 380 g/mol. The molecule has 2 aromatic heterocycles. The predicted molar refractivity (Wildman–Crippen MR) is 106 cm³/mol. The highest BCUT2D eigenvalue weighted by Crippen LogP contribution is 2.20. The summed E-state index contributed by atoms with van der Waals surface area (Å²) in [7, 11) is 1.81. The molecule has 146 valence electrons. The Morgan fingerprint density at radius 3 is 2.54 bits per heavy atom. The molecule has 8 nitrogen and oxygen atoms in total. The number of carbonyl (C=O) groups excluding carboxylic acids is 1. The number of benzene rings is 1. The van der Waals surface area contributed by atoms with E-state index in [1.54, 1.807) is 42.2 Å². The van der Waals surface area contributed by atoms with E-state index < -0.39 is 0 Å². The average Bonchev–Trinajstić information content (AvgIpc) is 3.12. The summed E-state index contributed by atoms with van der Waals surface area (Å²) in [6, 6.07) is 12.3. The van der Waals surface area contributed by atoms with Crippen molar-refractivity contribution in [1.82, 2.24) is 25.1 Å². The SMILES string of the molecule is CC(C)[C@H](NC(=O)Nc1ccc(OCc2ccccn2)cc1)c1ncnn1C. The smallest absolute Gasteiger partial charge is 0.319 e. The Hall–Kier alpha value is -3.42. The van der Waals surface area contributed by atoms with Gasteiger partial charge < -0.3 is 15.4 Å². The fraction of sp³-hybridized carbons (Fsp3) is 0.300. The van der Waals surface area contributed by atoms with E-state index in [2.05, 4.69) is 25.7 Å². The Morgan fingerprint density at radius 1 is 1.14 bits per heavy atom. The van der Waals surface area contributed by atoms with Gasteiger partial charge in [-0.2, -0.15) is 5.10 Å². The second-order valence-electron chi connectivity index (χ2n) is 6.70. The molecule has 28 heavy (non-hydrogen) atoms. The van der Waals surface area contributed by atoms with Crippen molar-refractivity contribution in [3.8, 4) is 5.75 Å². The van der Waals surface area contributed by atoms with Crippen LogP contribution in [0.4, 0.5) is 10.5 Å². The van der Waals surface area contributed by atoms with Crippen molar-refractivity contribution in [2.24, 2.45) is 13.0 Å². The van der Waals surface area contributed by atoms with Gasteiger partial charge in [-0.3, -0.25) is 9.67 Å². The molecule has 0 bridgehead atoms. The molecule has 0 saturated heterocycles. The molecule has 2 heterocycles. The van der Waals surface area contributed by atoms with Crippen LogP contribution >= 0.6 is 0 Å². The third-order valence-corrected chi connectivity index (χ3v) is 4.20. The van der Waals surface area contributed by atoms with E-state index in [1.807, 2.05) is 32.0 Å². The molecule has 1 aromatic carbocycles. The Morgan fingerprint density at radius 2 is 1.93 bits per heavy atom. The Kier molecular flexibility index (Phi) is 6.21. The average molecular weight is 380 g/mol. The molecule has 3 aromatic rings. The van der Waals surface area contributed by atoms with Crippen molar-refractivity contribution >= 4 is 11.7 Å². The maximum absolute atomic E-state index is 12.4. The molecule has 0 fully saturated rings. The van der Waals surface area contributed by atoms with E-state index in [0.29, 0.717) is 23.9 Å². The number of rotatable bonds is 7. The summed E-state index contributed by atoms with van der Waals surface area (Å²) in [5.74, 6) is 1.58. The zero-order chi connectivity index (χ0) is 19.9. The molecule has 3 rings (SSSR count). The molecular formula is C20H24N6O2. The van der Waals surface area contributed by atoms with Crippen LogP contribution in [0.2, 0.25) is 0 Å². The second-order valence-corrected chi connectivity index (χ2v) is 6.70. The highest BCUT2D eigenvalue weighted by atomic mass is 16.5. The number of pyridine rings is 1. The summed E-state index contributed by atoms with van der Waals surface area (Å²) in [6.45, 7) is 4.43. The van der Waals surface area contributed by atoms with Gasteiger partial charge in [0.05, 0.1) is 11.7 Å². The van der Waals surface area contributed by atoms with Crippen LogP contribution < -0.4 is 15.4 Å². The molecule has 2 amide bonds. The highest BCUT2D eigenvalue weighted by molar-refractivity contribution is 5.89. The zero-order valence-corrected chi connectivity index (χ0v) is 16.2. The van der Waals surface area contributed by atoms with Crippen molar-refractivity contribution in [3.05, 3.63) is 66.5 Å². The number of amides is 2. The summed E-state index contributed by atoms with van der Waals surface area (Å²) in [5, 5.41) is 9.87. The predicted octanol–water partition coefficient (Wildman–Crippen LogP) is 3.31. The van der Waals surface area contributed by atoms with Gasteiger partial charge in [-0.25, -0.2) is 9.78 Å². The minimum Gasteiger partial charge on any atom is -0.487 e. The van der Waals surface area contributed by atoms with Gasteiger partial charge in [-0.05, 0) is 42.3 Å². The molecular weight excluding hydrogens is 356 g/mol. The van der Waals surface area contributed by atoms with Crippen LogP contribution in [-0.2, 0) is 13.7 Å². The number of anilines is 1. The van der Waals surface area contributed by atoms with Gasteiger partial charge in [-0.15, -0.1) is 0 Å². The van der Waals surface area contributed by atoms with Crippen LogP contribution in [0.25, 0.3) is 0 Å². The quantitative estimate of drug-likeness (QED) is 0.656. The molecule has 0 saturated carbocycles. The number of hydrogen-bond acceptors (Lipinski definition) is 5. The van der Waals surface area contributed by atoms with Crippen molar-refractivity contribution in [3.63, 3.8) is 0 Å². The lowest BCUT2D eigenvalue weighted by Crippen LogP contribution is -2.36. The van der Waals surface area contributed by atoms with Crippen molar-refractivity contribution in [2.45, 2.75) is 26.5 Å². The number of nitrogens with zero attached hydrogens (tertiary/aromatic N) is 4. The van der Waals surface area contributed by atoms with Gasteiger partial charge in [0.25, 0.3) is 0 Å². The molecule has 2 N–H and O–H groups in total. The molecule has 1 atom stereocenters. The van der Waals surface area contributed by atoms with Crippen LogP contribution in [-0.4, -0.2) is 25.8 Å².